The van der Waals surface area contributed by atoms with Crippen LogP contribution in [-0.2, 0) is 0 Å². The highest BCUT2D eigenvalue weighted by molar-refractivity contribution is 6.23. The zero-order valence-corrected chi connectivity index (χ0v) is 33.0. The maximum Gasteiger partial charge on any atom is 0.0620 e. The van der Waals surface area contributed by atoms with Crippen molar-refractivity contribution in [3.63, 3.8) is 0 Å². The molecule has 0 atom stereocenters. The van der Waals surface area contributed by atoms with Crippen LogP contribution in [0.4, 0.5) is 0 Å². The Morgan fingerprint density at radius 3 is 1.28 bits per heavy atom. The summed E-state index contributed by atoms with van der Waals surface area (Å²) in [6.07, 6.45) is 0. The SMILES string of the molecule is c1ccc(-n2c3ccccc3c3cc(-c4cccc5c(-c6ccc7c(c6)c6ccccc6n7-c6ccc7c8cccc9c%10ccccc%10n(c7c6)c98)cccc45)ccc32)cc1. The molecule has 0 aliphatic heterocycles. The first-order valence-electron chi connectivity index (χ1n) is 21.1. The molecule has 282 valence electrons. The fourth-order valence-electron chi connectivity index (χ4n) is 10.8. The van der Waals surface area contributed by atoms with Gasteiger partial charge in [0.15, 0.2) is 0 Å². The van der Waals surface area contributed by atoms with Gasteiger partial charge in [0, 0.05) is 54.5 Å². The largest absolute Gasteiger partial charge is 0.309 e. The molecule has 0 amide bonds. The Hall–Kier alpha value is -8.14. The minimum Gasteiger partial charge on any atom is -0.309 e. The lowest BCUT2D eigenvalue weighted by Crippen LogP contribution is -1.94. The monoisotopic (exact) mass is 773 g/mol. The van der Waals surface area contributed by atoms with Crippen LogP contribution >= 0.6 is 0 Å². The summed E-state index contributed by atoms with van der Waals surface area (Å²) in [7, 11) is 0. The Morgan fingerprint density at radius 1 is 0.230 bits per heavy atom. The molecule has 10 aromatic carbocycles. The fourth-order valence-corrected chi connectivity index (χ4v) is 10.8. The van der Waals surface area contributed by atoms with Gasteiger partial charge in [-0.1, -0.05) is 146 Å². The smallest absolute Gasteiger partial charge is 0.0620 e. The van der Waals surface area contributed by atoms with Crippen molar-refractivity contribution in [3.8, 4) is 33.6 Å². The van der Waals surface area contributed by atoms with E-state index < -0.39 is 0 Å². The molecule has 14 rings (SSSR count). The summed E-state index contributed by atoms with van der Waals surface area (Å²) in [6, 6.07) is 78.4. The summed E-state index contributed by atoms with van der Waals surface area (Å²) in [5.41, 5.74) is 15.9. The number of hydrogen-bond donors (Lipinski definition) is 0. The second-order valence-corrected chi connectivity index (χ2v) is 16.5. The van der Waals surface area contributed by atoms with Crippen molar-refractivity contribution in [1.29, 1.82) is 0 Å². The van der Waals surface area contributed by atoms with Crippen molar-refractivity contribution in [2.24, 2.45) is 0 Å². The quantitative estimate of drug-likeness (QED) is 0.169. The van der Waals surface area contributed by atoms with Crippen LogP contribution < -0.4 is 0 Å². The number of benzene rings is 10. The lowest BCUT2D eigenvalue weighted by Gasteiger charge is -2.13. The highest BCUT2D eigenvalue weighted by Crippen LogP contribution is 2.43. The lowest BCUT2D eigenvalue weighted by atomic mass is 9.92. The average Bonchev–Trinajstić information content (AvgIpc) is 4.05. The van der Waals surface area contributed by atoms with E-state index in [-0.39, 0.29) is 0 Å². The van der Waals surface area contributed by atoms with Crippen LogP contribution in [0.3, 0.4) is 0 Å². The van der Waals surface area contributed by atoms with Crippen LogP contribution in [0.25, 0.3) is 126 Å². The summed E-state index contributed by atoms with van der Waals surface area (Å²) in [5, 5.41) is 12.7. The van der Waals surface area contributed by atoms with E-state index in [0.29, 0.717) is 0 Å². The van der Waals surface area contributed by atoms with Crippen LogP contribution in [-0.4, -0.2) is 13.5 Å². The van der Waals surface area contributed by atoms with Gasteiger partial charge in [0.25, 0.3) is 0 Å². The normalized spacial score (nSPS) is 12.3. The molecule has 0 aliphatic rings. The zero-order chi connectivity index (χ0) is 39.8. The Bertz CT molecular complexity index is 4100. The molecule has 0 saturated carbocycles. The van der Waals surface area contributed by atoms with Gasteiger partial charge in [-0.2, -0.15) is 0 Å². The van der Waals surface area contributed by atoms with Gasteiger partial charge in [-0.25, -0.2) is 0 Å². The maximum absolute atomic E-state index is 2.47. The highest BCUT2D eigenvalue weighted by atomic mass is 15.0. The van der Waals surface area contributed by atoms with Gasteiger partial charge in [-0.15, -0.1) is 0 Å². The van der Waals surface area contributed by atoms with Crippen molar-refractivity contribution in [2.75, 3.05) is 0 Å². The summed E-state index contributed by atoms with van der Waals surface area (Å²) in [5.74, 6) is 0. The Labute approximate surface area is 350 Å². The number of rotatable bonds is 4. The highest BCUT2D eigenvalue weighted by Gasteiger charge is 2.20. The summed E-state index contributed by atoms with van der Waals surface area (Å²) < 4.78 is 7.31. The van der Waals surface area contributed by atoms with Crippen molar-refractivity contribution in [1.82, 2.24) is 13.5 Å². The van der Waals surface area contributed by atoms with E-state index >= 15 is 0 Å². The van der Waals surface area contributed by atoms with Gasteiger partial charge < -0.3 is 13.5 Å². The van der Waals surface area contributed by atoms with Gasteiger partial charge in [0.05, 0.1) is 38.6 Å². The molecule has 0 N–H and O–H groups in total. The minimum atomic E-state index is 1.16. The van der Waals surface area contributed by atoms with E-state index in [9.17, 15) is 0 Å². The molecule has 61 heavy (non-hydrogen) atoms. The van der Waals surface area contributed by atoms with Gasteiger partial charge >= 0.3 is 0 Å². The predicted molar refractivity (Wildman–Crippen MR) is 258 cm³/mol. The van der Waals surface area contributed by atoms with Crippen LogP contribution in [0.2, 0.25) is 0 Å². The Morgan fingerprint density at radius 2 is 0.672 bits per heavy atom. The summed E-state index contributed by atoms with van der Waals surface area (Å²) in [4.78, 5) is 0. The molecule has 0 unspecified atom stereocenters. The van der Waals surface area contributed by atoms with Gasteiger partial charge in [-0.05, 0) is 99.8 Å². The Kier molecular flexibility index (Phi) is 6.56. The van der Waals surface area contributed by atoms with Crippen LogP contribution in [0.5, 0.6) is 0 Å². The summed E-state index contributed by atoms with van der Waals surface area (Å²) >= 11 is 0. The molecule has 0 fully saturated rings. The molecule has 3 heteroatoms. The third-order valence-electron chi connectivity index (χ3n) is 13.4. The van der Waals surface area contributed by atoms with E-state index in [0.717, 1.165) is 5.69 Å². The number of nitrogens with zero attached hydrogens (tertiary/aromatic N) is 3. The van der Waals surface area contributed by atoms with Gasteiger partial charge in [-0.3, -0.25) is 0 Å². The molecule has 4 heterocycles. The van der Waals surface area contributed by atoms with Crippen molar-refractivity contribution in [2.45, 2.75) is 0 Å². The number of fused-ring (bicyclic) bond motifs is 13. The third kappa shape index (κ3) is 4.47. The lowest BCUT2D eigenvalue weighted by molar-refractivity contribution is 1.18. The van der Waals surface area contributed by atoms with E-state index in [1.807, 2.05) is 0 Å². The first-order valence-corrected chi connectivity index (χ1v) is 21.1. The van der Waals surface area contributed by atoms with E-state index in [2.05, 4.69) is 226 Å². The molecule has 14 aromatic rings. The van der Waals surface area contributed by atoms with Gasteiger partial charge in [0.1, 0.15) is 0 Å². The first kappa shape index (κ1) is 32.8. The third-order valence-corrected chi connectivity index (χ3v) is 13.4. The molecule has 0 radical (unpaired) electrons. The topological polar surface area (TPSA) is 14.3 Å². The Balaban J connectivity index is 0.932. The number of hydrogen-bond acceptors (Lipinski definition) is 0. The van der Waals surface area contributed by atoms with Crippen LogP contribution in [0.1, 0.15) is 0 Å². The molecule has 3 nitrogen and oxygen atoms in total. The molecule has 0 aliphatic carbocycles. The fraction of sp³-hybridized carbons (Fsp3) is 0. The predicted octanol–water partition coefficient (Wildman–Crippen LogP) is 15.5. The summed E-state index contributed by atoms with van der Waals surface area (Å²) in [6.45, 7) is 0. The van der Waals surface area contributed by atoms with Crippen molar-refractivity contribution >= 4 is 92.5 Å². The van der Waals surface area contributed by atoms with E-state index in [1.54, 1.807) is 0 Å². The zero-order valence-electron chi connectivity index (χ0n) is 33.0. The van der Waals surface area contributed by atoms with Crippen LogP contribution in [0, 0.1) is 0 Å². The second-order valence-electron chi connectivity index (χ2n) is 16.5. The molecular formula is C58H35N3. The molecule has 4 aromatic heterocycles. The van der Waals surface area contributed by atoms with E-state index in [1.165, 1.54) is 120 Å². The minimum absolute atomic E-state index is 1.16. The standard InChI is InChI=1S/C58H35N3/c1-2-13-38(14-3-1)59-52-24-7-5-16-45(52)50-33-36(27-31-55(50)59)40-18-10-21-43-41(19-11-20-42(40)43)37-28-32-56-51(34-37)46-17-6-8-25-53(46)60(56)39-29-30-47-49-23-12-22-48-44-15-4-9-26-54(44)61(58(48)49)57(47)35-39/h1-35H. The molecule has 0 saturated heterocycles. The maximum atomic E-state index is 2.47. The van der Waals surface area contributed by atoms with Gasteiger partial charge in [0.2, 0.25) is 0 Å². The van der Waals surface area contributed by atoms with Crippen LogP contribution in [0.15, 0.2) is 212 Å². The molecular weight excluding hydrogens is 739 g/mol. The molecule has 0 bridgehead atoms. The van der Waals surface area contributed by atoms with E-state index in [4.69, 9.17) is 0 Å². The second kappa shape index (κ2) is 12.2. The van der Waals surface area contributed by atoms with Crippen molar-refractivity contribution < 1.29 is 0 Å². The van der Waals surface area contributed by atoms with Crippen molar-refractivity contribution in [3.05, 3.63) is 212 Å². The number of aromatic nitrogens is 3. The first-order chi connectivity index (χ1) is 30.3. The average molecular weight is 774 g/mol. The molecule has 0 spiro atoms. The number of para-hydroxylation sites is 5.